The van der Waals surface area contributed by atoms with E-state index in [0.717, 1.165) is 12.0 Å². The first-order valence-electron chi connectivity index (χ1n) is 8.27. The summed E-state index contributed by atoms with van der Waals surface area (Å²) in [5, 5.41) is 5.57. The summed E-state index contributed by atoms with van der Waals surface area (Å²) >= 11 is 0. The van der Waals surface area contributed by atoms with E-state index in [9.17, 15) is 9.59 Å². The monoisotopic (exact) mass is 324 g/mol. The summed E-state index contributed by atoms with van der Waals surface area (Å²) in [5.41, 5.74) is 2.70. The van der Waals surface area contributed by atoms with Crippen LogP contribution in [0.3, 0.4) is 0 Å². The molecule has 4 nitrogen and oxygen atoms in total. The Morgan fingerprint density at radius 1 is 0.958 bits per heavy atom. The highest BCUT2D eigenvalue weighted by Gasteiger charge is 2.12. The second-order valence-electron chi connectivity index (χ2n) is 5.82. The van der Waals surface area contributed by atoms with Crippen LogP contribution in [-0.2, 0) is 4.79 Å². The average molecular weight is 324 g/mol. The van der Waals surface area contributed by atoms with E-state index < -0.39 is 0 Å². The Morgan fingerprint density at radius 3 is 2.29 bits per heavy atom. The van der Waals surface area contributed by atoms with Crippen molar-refractivity contribution in [2.45, 2.75) is 26.2 Å². The van der Waals surface area contributed by atoms with E-state index in [1.807, 2.05) is 43.3 Å². The topological polar surface area (TPSA) is 58.2 Å². The smallest absolute Gasteiger partial charge is 0.251 e. The average Bonchev–Trinajstić information content (AvgIpc) is 2.61. The zero-order valence-electron chi connectivity index (χ0n) is 14.2. The molecule has 0 aliphatic heterocycles. The maximum atomic E-state index is 12.1. The number of carbonyl (C=O) groups excluding carboxylic acids is 2. The van der Waals surface area contributed by atoms with Gasteiger partial charge in [-0.1, -0.05) is 55.5 Å². The lowest BCUT2D eigenvalue weighted by atomic mass is 9.96. The predicted octanol–water partition coefficient (Wildman–Crippen LogP) is 3.03. The third kappa shape index (κ3) is 4.95. The van der Waals surface area contributed by atoms with Crippen LogP contribution in [-0.4, -0.2) is 24.9 Å². The molecule has 0 heterocycles. The van der Waals surface area contributed by atoms with E-state index in [1.54, 1.807) is 6.07 Å². The molecule has 2 aromatic rings. The molecule has 1 unspecified atom stereocenters. The minimum Gasteiger partial charge on any atom is -0.354 e. The fourth-order valence-corrected chi connectivity index (χ4v) is 2.61. The molecule has 1 atom stereocenters. The van der Waals surface area contributed by atoms with Gasteiger partial charge in [0.15, 0.2) is 0 Å². The van der Waals surface area contributed by atoms with Gasteiger partial charge in [-0.05, 0) is 30.5 Å². The zero-order valence-corrected chi connectivity index (χ0v) is 14.2. The molecule has 4 heteroatoms. The summed E-state index contributed by atoms with van der Waals surface area (Å²) in [4.78, 5) is 24.1. The summed E-state index contributed by atoms with van der Waals surface area (Å²) in [6.45, 7) is 4.53. The summed E-state index contributed by atoms with van der Waals surface area (Å²) in [5.74, 6) is -0.119. The molecule has 2 rings (SSSR count). The third-order valence-electron chi connectivity index (χ3n) is 4.11. The Balaban J connectivity index is 1.81. The molecule has 0 bridgehead atoms. The summed E-state index contributed by atoms with van der Waals surface area (Å²) in [7, 11) is 0. The van der Waals surface area contributed by atoms with Crippen molar-refractivity contribution >= 4 is 11.8 Å². The molecule has 24 heavy (non-hydrogen) atoms. The molecule has 0 spiro atoms. The van der Waals surface area contributed by atoms with Crippen LogP contribution in [0, 0.1) is 6.92 Å². The number of benzene rings is 2. The highest BCUT2D eigenvalue weighted by atomic mass is 16.2. The van der Waals surface area contributed by atoms with Crippen molar-refractivity contribution in [1.29, 1.82) is 0 Å². The van der Waals surface area contributed by atoms with E-state index in [1.165, 1.54) is 5.56 Å². The van der Waals surface area contributed by atoms with Crippen LogP contribution >= 0.6 is 0 Å². The Kier molecular flexibility index (Phi) is 6.55. The van der Waals surface area contributed by atoms with Crippen LogP contribution in [0.4, 0.5) is 0 Å². The van der Waals surface area contributed by atoms with Gasteiger partial charge in [0, 0.05) is 18.0 Å². The largest absolute Gasteiger partial charge is 0.354 e. The molecular formula is C20H24N2O2. The van der Waals surface area contributed by atoms with Crippen molar-refractivity contribution < 1.29 is 9.59 Å². The van der Waals surface area contributed by atoms with E-state index in [-0.39, 0.29) is 24.3 Å². The van der Waals surface area contributed by atoms with Crippen LogP contribution in [0.2, 0.25) is 0 Å². The SMILES string of the molecule is CCC(CNC(=O)CNC(=O)c1ccccc1C)c1ccccc1. The van der Waals surface area contributed by atoms with E-state index in [4.69, 9.17) is 0 Å². The number of hydrogen-bond donors (Lipinski definition) is 2. The van der Waals surface area contributed by atoms with Crippen LogP contribution in [0.15, 0.2) is 54.6 Å². The zero-order chi connectivity index (χ0) is 17.4. The highest BCUT2D eigenvalue weighted by molar-refractivity contribution is 5.97. The standard InChI is InChI=1S/C20H24N2O2/c1-3-16(17-10-5-4-6-11-17)13-21-19(23)14-22-20(24)18-12-8-7-9-15(18)2/h4-12,16H,3,13-14H2,1-2H3,(H,21,23)(H,22,24). The molecule has 0 saturated carbocycles. The molecular weight excluding hydrogens is 300 g/mol. The van der Waals surface area contributed by atoms with Gasteiger partial charge in [0.05, 0.1) is 6.54 Å². The number of nitrogens with one attached hydrogen (secondary N) is 2. The Morgan fingerprint density at radius 2 is 1.62 bits per heavy atom. The van der Waals surface area contributed by atoms with Gasteiger partial charge in [-0.2, -0.15) is 0 Å². The molecule has 0 aliphatic carbocycles. The minimum absolute atomic E-state index is 0.0155. The molecule has 0 aromatic heterocycles. The molecule has 2 N–H and O–H groups in total. The van der Waals surface area contributed by atoms with Gasteiger partial charge in [0.25, 0.3) is 5.91 Å². The second kappa shape index (κ2) is 8.87. The molecule has 2 amide bonds. The van der Waals surface area contributed by atoms with Crippen molar-refractivity contribution in [2.24, 2.45) is 0 Å². The highest BCUT2D eigenvalue weighted by Crippen LogP contribution is 2.17. The van der Waals surface area contributed by atoms with Gasteiger partial charge >= 0.3 is 0 Å². The fourth-order valence-electron chi connectivity index (χ4n) is 2.61. The summed E-state index contributed by atoms with van der Waals surface area (Å²) < 4.78 is 0. The molecule has 0 fully saturated rings. The predicted molar refractivity (Wildman–Crippen MR) is 96.0 cm³/mol. The normalized spacial score (nSPS) is 11.6. The lowest BCUT2D eigenvalue weighted by Gasteiger charge is -2.16. The minimum atomic E-state index is -0.224. The summed E-state index contributed by atoms with van der Waals surface area (Å²) in [6, 6.07) is 17.5. The number of amides is 2. The first-order valence-corrected chi connectivity index (χ1v) is 8.27. The quantitative estimate of drug-likeness (QED) is 0.822. The van der Waals surface area contributed by atoms with Crippen LogP contribution in [0.25, 0.3) is 0 Å². The number of rotatable bonds is 7. The molecule has 0 aliphatic rings. The Bertz CT molecular complexity index is 683. The number of carbonyl (C=O) groups is 2. The fraction of sp³-hybridized carbons (Fsp3) is 0.300. The van der Waals surface area contributed by atoms with Crippen LogP contribution < -0.4 is 10.6 Å². The third-order valence-corrected chi connectivity index (χ3v) is 4.11. The van der Waals surface area contributed by atoms with Crippen molar-refractivity contribution in [3.8, 4) is 0 Å². The Hall–Kier alpha value is -2.62. The lowest BCUT2D eigenvalue weighted by Crippen LogP contribution is -2.38. The first kappa shape index (κ1) is 17.7. The van der Waals surface area contributed by atoms with Gasteiger partial charge in [-0.3, -0.25) is 9.59 Å². The van der Waals surface area contributed by atoms with Crippen LogP contribution in [0.5, 0.6) is 0 Å². The van der Waals surface area contributed by atoms with Gasteiger partial charge in [0.1, 0.15) is 0 Å². The van der Waals surface area contributed by atoms with Gasteiger partial charge in [0.2, 0.25) is 5.91 Å². The molecule has 0 saturated heterocycles. The Labute approximate surface area is 143 Å². The van der Waals surface area contributed by atoms with Crippen LogP contribution in [0.1, 0.15) is 40.7 Å². The van der Waals surface area contributed by atoms with Gasteiger partial charge in [-0.15, -0.1) is 0 Å². The maximum Gasteiger partial charge on any atom is 0.251 e. The van der Waals surface area contributed by atoms with Crippen molar-refractivity contribution in [3.05, 3.63) is 71.3 Å². The first-order chi connectivity index (χ1) is 11.6. The van der Waals surface area contributed by atoms with E-state index in [2.05, 4.69) is 29.7 Å². The van der Waals surface area contributed by atoms with Gasteiger partial charge < -0.3 is 10.6 Å². The van der Waals surface area contributed by atoms with Crippen molar-refractivity contribution in [1.82, 2.24) is 10.6 Å². The van der Waals surface area contributed by atoms with Gasteiger partial charge in [-0.25, -0.2) is 0 Å². The number of hydrogen-bond acceptors (Lipinski definition) is 2. The lowest BCUT2D eigenvalue weighted by molar-refractivity contribution is -0.120. The second-order valence-corrected chi connectivity index (χ2v) is 5.82. The van der Waals surface area contributed by atoms with E-state index >= 15 is 0 Å². The molecule has 0 radical (unpaired) electrons. The maximum absolute atomic E-state index is 12.1. The van der Waals surface area contributed by atoms with Crippen molar-refractivity contribution in [3.63, 3.8) is 0 Å². The van der Waals surface area contributed by atoms with Crippen molar-refractivity contribution in [2.75, 3.05) is 13.1 Å². The molecule has 126 valence electrons. The number of aryl methyl sites for hydroxylation is 1. The summed E-state index contributed by atoms with van der Waals surface area (Å²) in [6.07, 6.45) is 0.944. The molecule has 2 aromatic carbocycles. The van der Waals surface area contributed by atoms with E-state index in [0.29, 0.717) is 12.1 Å².